The molecular formula is C22H24N4O3. The minimum atomic E-state index is -0.238. The molecule has 1 aliphatic rings. The molecule has 1 fully saturated rings. The van der Waals surface area contributed by atoms with Crippen LogP contribution in [0.5, 0.6) is 5.75 Å². The number of likely N-dealkylation sites (tertiary alicyclic amines) is 1. The van der Waals surface area contributed by atoms with Crippen LogP contribution in [-0.2, 0) is 0 Å². The number of anilines is 1. The Bertz CT molecular complexity index is 1030. The fraction of sp³-hybridized carbons (Fsp3) is 0.318. The molecule has 29 heavy (non-hydrogen) atoms. The largest absolute Gasteiger partial charge is 0.496 e. The van der Waals surface area contributed by atoms with E-state index in [-0.39, 0.29) is 12.1 Å². The molecular weight excluding hydrogens is 368 g/mol. The number of hydrogen-bond donors (Lipinski definition) is 1. The van der Waals surface area contributed by atoms with Gasteiger partial charge in [0.1, 0.15) is 11.8 Å². The predicted molar refractivity (Wildman–Crippen MR) is 110 cm³/mol. The zero-order valence-corrected chi connectivity index (χ0v) is 16.8. The summed E-state index contributed by atoms with van der Waals surface area (Å²) in [4.78, 5) is 19.2. The van der Waals surface area contributed by atoms with Crippen LogP contribution < -0.4 is 10.1 Å². The molecule has 4 rings (SSSR count). The van der Waals surface area contributed by atoms with Crippen molar-refractivity contribution < 1.29 is 14.1 Å². The first kappa shape index (κ1) is 19.0. The first-order valence-electron chi connectivity index (χ1n) is 9.68. The molecule has 0 radical (unpaired) electrons. The molecule has 150 valence electrons. The van der Waals surface area contributed by atoms with Gasteiger partial charge < -0.3 is 19.5 Å². The summed E-state index contributed by atoms with van der Waals surface area (Å²) >= 11 is 0. The minimum absolute atomic E-state index is 0.159. The number of rotatable bonds is 4. The molecule has 0 aliphatic carbocycles. The number of ether oxygens (including phenoxy) is 1. The van der Waals surface area contributed by atoms with Crippen LogP contribution >= 0.6 is 0 Å². The Hall–Kier alpha value is -3.35. The van der Waals surface area contributed by atoms with Crippen LogP contribution in [-0.4, -0.2) is 34.7 Å². The van der Waals surface area contributed by atoms with E-state index in [4.69, 9.17) is 9.26 Å². The van der Waals surface area contributed by atoms with Crippen molar-refractivity contribution in [2.24, 2.45) is 0 Å². The Morgan fingerprint density at radius 3 is 2.83 bits per heavy atom. The van der Waals surface area contributed by atoms with E-state index in [0.29, 0.717) is 24.0 Å². The lowest BCUT2D eigenvalue weighted by molar-refractivity contribution is 0.193. The van der Waals surface area contributed by atoms with Crippen LogP contribution in [0.25, 0.3) is 11.4 Å². The second-order valence-corrected chi connectivity index (χ2v) is 7.24. The Kier molecular flexibility index (Phi) is 5.20. The molecule has 2 aromatic carbocycles. The second kappa shape index (κ2) is 7.95. The summed E-state index contributed by atoms with van der Waals surface area (Å²) in [5.74, 6) is 1.58. The minimum Gasteiger partial charge on any atom is -0.496 e. The second-order valence-electron chi connectivity index (χ2n) is 7.24. The molecule has 7 heteroatoms. The van der Waals surface area contributed by atoms with Crippen LogP contribution in [0.4, 0.5) is 10.5 Å². The van der Waals surface area contributed by atoms with Gasteiger partial charge in [0, 0.05) is 12.2 Å². The molecule has 1 N–H and O–H groups in total. The van der Waals surface area contributed by atoms with Crippen molar-refractivity contribution in [2.75, 3.05) is 19.0 Å². The fourth-order valence-electron chi connectivity index (χ4n) is 3.59. The quantitative estimate of drug-likeness (QED) is 0.694. The van der Waals surface area contributed by atoms with E-state index in [1.54, 1.807) is 12.0 Å². The van der Waals surface area contributed by atoms with Gasteiger partial charge in [-0.1, -0.05) is 23.4 Å². The highest BCUT2D eigenvalue weighted by atomic mass is 16.5. The Labute approximate surface area is 169 Å². The maximum atomic E-state index is 12.9. The lowest BCUT2D eigenvalue weighted by atomic mass is 10.1. The summed E-state index contributed by atoms with van der Waals surface area (Å²) in [5.41, 5.74) is 3.87. The number of nitrogens with zero attached hydrogens (tertiary/aromatic N) is 3. The number of methoxy groups -OCH3 is 1. The molecule has 2 amide bonds. The van der Waals surface area contributed by atoms with E-state index in [1.807, 2.05) is 56.3 Å². The van der Waals surface area contributed by atoms with E-state index in [0.717, 1.165) is 29.7 Å². The van der Waals surface area contributed by atoms with E-state index >= 15 is 0 Å². The van der Waals surface area contributed by atoms with Gasteiger partial charge in [0.25, 0.3) is 0 Å². The van der Waals surface area contributed by atoms with Gasteiger partial charge in [0.15, 0.2) is 0 Å². The van der Waals surface area contributed by atoms with E-state index in [9.17, 15) is 4.79 Å². The number of hydrogen-bond acceptors (Lipinski definition) is 5. The molecule has 1 saturated heterocycles. The van der Waals surface area contributed by atoms with Gasteiger partial charge in [0.2, 0.25) is 11.7 Å². The van der Waals surface area contributed by atoms with Crippen LogP contribution in [0.2, 0.25) is 0 Å². The normalized spacial score (nSPS) is 16.1. The monoisotopic (exact) mass is 392 g/mol. The van der Waals surface area contributed by atoms with Crippen LogP contribution in [0.3, 0.4) is 0 Å². The standard InChI is InChI=1S/C22H24N4O3/c1-14-10-11-16(13-15(14)2)23-22(27)26-12-6-8-18(26)21-24-20(25-29-21)17-7-4-5-9-19(17)28-3/h4-5,7,9-11,13,18H,6,8,12H2,1-3H3,(H,23,27)/t18-/m1/s1. The zero-order chi connectivity index (χ0) is 20.4. The molecule has 7 nitrogen and oxygen atoms in total. The molecule has 0 bridgehead atoms. The van der Waals surface area contributed by atoms with Crippen molar-refractivity contribution in [3.8, 4) is 17.1 Å². The molecule has 1 atom stereocenters. The zero-order valence-electron chi connectivity index (χ0n) is 16.8. The van der Waals surface area contributed by atoms with Crippen molar-refractivity contribution >= 4 is 11.7 Å². The number of urea groups is 1. The summed E-state index contributed by atoms with van der Waals surface area (Å²) in [6.45, 7) is 4.72. The van der Waals surface area contributed by atoms with Gasteiger partial charge in [-0.05, 0) is 62.1 Å². The smallest absolute Gasteiger partial charge is 0.322 e. The van der Waals surface area contributed by atoms with Crippen LogP contribution in [0.15, 0.2) is 47.0 Å². The highest BCUT2D eigenvalue weighted by Gasteiger charge is 2.34. The Morgan fingerprint density at radius 1 is 1.21 bits per heavy atom. The number of amides is 2. The Morgan fingerprint density at radius 2 is 2.03 bits per heavy atom. The van der Waals surface area contributed by atoms with Crippen LogP contribution in [0, 0.1) is 13.8 Å². The number of para-hydroxylation sites is 1. The maximum absolute atomic E-state index is 12.9. The van der Waals surface area contributed by atoms with Crippen molar-refractivity contribution in [1.82, 2.24) is 15.0 Å². The average molecular weight is 392 g/mol. The van der Waals surface area contributed by atoms with Gasteiger partial charge in [0.05, 0.1) is 12.7 Å². The summed E-state index contributed by atoms with van der Waals surface area (Å²) in [5, 5.41) is 7.10. The summed E-state index contributed by atoms with van der Waals surface area (Å²) in [7, 11) is 1.61. The van der Waals surface area contributed by atoms with Gasteiger partial charge in [-0.25, -0.2) is 4.79 Å². The molecule has 1 aliphatic heterocycles. The molecule has 0 spiro atoms. The third-order valence-corrected chi connectivity index (χ3v) is 5.35. The molecule has 0 saturated carbocycles. The topological polar surface area (TPSA) is 80.5 Å². The van der Waals surface area contributed by atoms with Gasteiger partial charge >= 0.3 is 6.03 Å². The van der Waals surface area contributed by atoms with Crippen molar-refractivity contribution in [1.29, 1.82) is 0 Å². The van der Waals surface area contributed by atoms with Gasteiger partial charge in [-0.2, -0.15) is 4.98 Å². The first-order chi connectivity index (χ1) is 14.1. The highest BCUT2D eigenvalue weighted by molar-refractivity contribution is 5.90. The molecule has 1 aromatic heterocycles. The number of aromatic nitrogens is 2. The number of nitrogens with one attached hydrogen (secondary N) is 1. The summed E-state index contributed by atoms with van der Waals surface area (Å²) < 4.78 is 10.9. The third kappa shape index (κ3) is 3.81. The molecule has 0 unspecified atom stereocenters. The fourth-order valence-corrected chi connectivity index (χ4v) is 3.59. The Balaban J connectivity index is 1.53. The van der Waals surface area contributed by atoms with Crippen LogP contribution in [0.1, 0.15) is 35.9 Å². The van der Waals surface area contributed by atoms with E-state index < -0.39 is 0 Å². The number of carbonyl (C=O) groups excluding carboxylic acids is 1. The first-order valence-corrected chi connectivity index (χ1v) is 9.68. The molecule has 2 heterocycles. The van der Waals surface area contributed by atoms with Crippen molar-refractivity contribution in [2.45, 2.75) is 32.7 Å². The molecule has 3 aromatic rings. The number of benzene rings is 2. The van der Waals surface area contributed by atoms with Crippen molar-refractivity contribution in [3.05, 3.63) is 59.5 Å². The van der Waals surface area contributed by atoms with Crippen molar-refractivity contribution in [3.63, 3.8) is 0 Å². The average Bonchev–Trinajstić information content (AvgIpc) is 3.40. The summed E-state index contributed by atoms with van der Waals surface area (Å²) in [6, 6.07) is 13.0. The third-order valence-electron chi connectivity index (χ3n) is 5.35. The maximum Gasteiger partial charge on any atom is 0.322 e. The predicted octanol–water partition coefficient (Wildman–Crippen LogP) is 4.73. The number of carbonyl (C=O) groups is 1. The lowest BCUT2D eigenvalue weighted by Gasteiger charge is -2.22. The summed E-state index contributed by atoms with van der Waals surface area (Å²) in [6.07, 6.45) is 1.67. The van der Waals surface area contributed by atoms with Gasteiger partial charge in [-0.15, -0.1) is 0 Å². The SMILES string of the molecule is COc1ccccc1-c1noc([C@H]2CCCN2C(=O)Nc2ccc(C)c(C)c2)n1. The van der Waals surface area contributed by atoms with Gasteiger partial charge in [-0.3, -0.25) is 0 Å². The lowest BCUT2D eigenvalue weighted by Crippen LogP contribution is -2.34. The van der Waals surface area contributed by atoms with E-state index in [1.165, 1.54) is 5.56 Å². The van der Waals surface area contributed by atoms with E-state index in [2.05, 4.69) is 15.5 Å². The number of aryl methyl sites for hydroxylation is 2. The highest BCUT2D eigenvalue weighted by Crippen LogP contribution is 2.34.